The number of amides is 2. The number of nitrogens with one attached hydrogen (secondary N) is 2. The minimum Gasteiger partial charge on any atom is -0.361 e. The quantitative estimate of drug-likeness (QED) is 0.706. The smallest absolute Gasteiger partial charge is 0.245 e. The van der Waals surface area contributed by atoms with Gasteiger partial charge in [-0.1, -0.05) is 17.7 Å². The highest BCUT2D eigenvalue weighted by Gasteiger charge is 2.32. The van der Waals surface area contributed by atoms with Gasteiger partial charge in [-0.3, -0.25) is 9.59 Å². The first-order valence-corrected chi connectivity index (χ1v) is 10.8. The number of piperazine rings is 1. The van der Waals surface area contributed by atoms with Crippen LogP contribution in [-0.4, -0.2) is 58.9 Å². The Bertz CT molecular complexity index is 1030. The fraction of sp³-hybridized carbons (Fsp3) is 0.429. The van der Waals surface area contributed by atoms with Crippen molar-refractivity contribution in [3.05, 3.63) is 46.6 Å². The summed E-state index contributed by atoms with van der Waals surface area (Å²) < 4.78 is 28.5. The Morgan fingerprint density at radius 1 is 1.25 bits per heavy atom. The molecule has 0 unspecified atom stereocenters. The van der Waals surface area contributed by atoms with Crippen molar-refractivity contribution in [3.63, 3.8) is 0 Å². The van der Waals surface area contributed by atoms with E-state index in [4.69, 9.17) is 11.6 Å². The number of rotatable bonds is 5. The molecular formula is C21H23ClF2N6O2. The summed E-state index contributed by atoms with van der Waals surface area (Å²) in [6.45, 7) is 3.53. The van der Waals surface area contributed by atoms with Crippen LogP contribution in [0.3, 0.4) is 0 Å². The van der Waals surface area contributed by atoms with Crippen LogP contribution in [0, 0.1) is 11.6 Å². The molecule has 1 aromatic heterocycles. The van der Waals surface area contributed by atoms with Gasteiger partial charge in [0.15, 0.2) is 11.6 Å². The lowest BCUT2D eigenvalue weighted by Gasteiger charge is -2.36. The third-order valence-electron chi connectivity index (χ3n) is 5.68. The number of carbonyl (C=O) groups excluding carboxylic acids is 2. The van der Waals surface area contributed by atoms with Gasteiger partial charge < -0.3 is 20.4 Å². The zero-order valence-electron chi connectivity index (χ0n) is 17.4. The van der Waals surface area contributed by atoms with Gasteiger partial charge in [0.1, 0.15) is 11.9 Å². The maximum Gasteiger partial charge on any atom is 0.245 e. The molecule has 2 N–H and O–H groups in total. The van der Waals surface area contributed by atoms with Crippen LogP contribution in [0.2, 0.25) is 5.02 Å². The van der Waals surface area contributed by atoms with Crippen LogP contribution in [0.25, 0.3) is 0 Å². The lowest BCUT2D eigenvalue weighted by atomic mass is 10.1. The first-order valence-electron chi connectivity index (χ1n) is 10.4. The van der Waals surface area contributed by atoms with Crippen LogP contribution in [-0.2, 0) is 9.59 Å². The molecule has 1 aromatic carbocycles. The van der Waals surface area contributed by atoms with Crippen LogP contribution < -0.4 is 15.5 Å². The van der Waals surface area contributed by atoms with Crippen LogP contribution >= 0.6 is 11.6 Å². The Morgan fingerprint density at radius 3 is 2.66 bits per heavy atom. The second-order valence-corrected chi connectivity index (χ2v) is 8.31. The van der Waals surface area contributed by atoms with Gasteiger partial charge in [-0.15, -0.1) is 0 Å². The van der Waals surface area contributed by atoms with E-state index < -0.39 is 23.7 Å². The van der Waals surface area contributed by atoms with Crippen molar-refractivity contribution in [3.8, 4) is 0 Å². The molecule has 8 nitrogen and oxygen atoms in total. The topological polar surface area (TPSA) is 90.5 Å². The van der Waals surface area contributed by atoms with Gasteiger partial charge in [-0.2, -0.15) is 4.98 Å². The Kier molecular flexibility index (Phi) is 6.40. The first-order chi connectivity index (χ1) is 15.3. The average molecular weight is 465 g/mol. The number of anilines is 2. The minimum atomic E-state index is -0.652. The van der Waals surface area contributed by atoms with E-state index in [1.165, 1.54) is 6.07 Å². The van der Waals surface area contributed by atoms with Crippen molar-refractivity contribution in [1.82, 2.24) is 20.2 Å². The lowest BCUT2D eigenvalue weighted by molar-refractivity contribution is -0.134. The van der Waals surface area contributed by atoms with E-state index in [1.54, 1.807) is 24.0 Å². The summed E-state index contributed by atoms with van der Waals surface area (Å²) in [7, 11) is 0. The standard InChI is InChI=1S/C21H23ClF2N6O2/c1-12(14-3-2-13(22)10-15(14)23)26-19-16(24)11-25-21(28-19)30-8-6-29(7-9-30)20(32)17-4-5-18(31)27-17/h2-3,10-12,17H,4-9H2,1H3,(H,27,31)(H,25,26,28)/t12-,17-/m1/s1. The molecule has 0 aliphatic carbocycles. The molecule has 0 saturated carbocycles. The minimum absolute atomic E-state index is 0.0379. The number of benzene rings is 1. The summed E-state index contributed by atoms with van der Waals surface area (Å²) in [5.74, 6) is -1.05. The third kappa shape index (κ3) is 4.74. The summed E-state index contributed by atoms with van der Waals surface area (Å²) in [5, 5.41) is 5.87. The molecule has 0 radical (unpaired) electrons. The molecule has 2 saturated heterocycles. The fourth-order valence-electron chi connectivity index (χ4n) is 3.89. The molecule has 0 spiro atoms. The Labute approximate surface area is 189 Å². The van der Waals surface area contributed by atoms with E-state index in [0.29, 0.717) is 50.5 Å². The van der Waals surface area contributed by atoms with Crippen molar-refractivity contribution in [2.24, 2.45) is 0 Å². The number of hydrogen-bond acceptors (Lipinski definition) is 6. The predicted molar refractivity (Wildman–Crippen MR) is 115 cm³/mol. The van der Waals surface area contributed by atoms with Crippen LogP contribution in [0.5, 0.6) is 0 Å². The molecule has 0 bridgehead atoms. The van der Waals surface area contributed by atoms with Gasteiger partial charge >= 0.3 is 0 Å². The van der Waals surface area contributed by atoms with Gasteiger partial charge in [0.05, 0.1) is 12.2 Å². The number of aromatic nitrogens is 2. The Hall–Kier alpha value is -3.01. The van der Waals surface area contributed by atoms with Gasteiger partial charge in [0.2, 0.25) is 17.8 Å². The van der Waals surface area contributed by atoms with E-state index in [1.807, 2.05) is 4.90 Å². The van der Waals surface area contributed by atoms with Crippen molar-refractivity contribution >= 4 is 35.2 Å². The molecule has 2 aliphatic rings. The molecule has 170 valence electrons. The van der Waals surface area contributed by atoms with Gasteiger partial charge in [0, 0.05) is 43.2 Å². The highest BCUT2D eigenvalue weighted by Crippen LogP contribution is 2.25. The Morgan fingerprint density at radius 2 is 2.00 bits per heavy atom. The van der Waals surface area contributed by atoms with E-state index >= 15 is 0 Å². The molecule has 11 heteroatoms. The maximum atomic E-state index is 14.3. The van der Waals surface area contributed by atoms with Crippen LogP contribution in [0.4, 0.5) is 20.5 Å². The molecule has 2 amide bonds. The molecule has 4 rings (SSSR count). The summed E-state index contributed by atoms with van der Waals surface area (Å²) in [6, 6.07) is 3.30. The number of halogens is 3. The van der Waals surface area contributed by atoms with Crippen molar-refractivity contribution in [2.75, 3.05) is 36.4 Å². The molecule has 2 aromatic rings. The van der Waals surface area contributed by atoms with Crippen LogP contribution in [0.15, 0.2) is 24.4 Å². The summed E-state index contributed by atoms with van der Waals surface area (Å²) in [5.41, 5.74) is 0.333. The molecule has 3 heterocycles. The SMILES string of the molecule is C[C@@H](Nc1nc(N2CCN(C(=O)[C@H]3CCC(=O)N3)CC2)ncc1F)c1ccc(Cl)cc1F. The van der Waals surface area contributed by atoms with E-state index in [2.05, 4.69) is 20.6 Å². The highest BCUT2D eigenvalue weighted by atomic mass is 35.5. The van der Waals surface area contributed by atoms with Crippen molar-refractivity contribution in [1.29, 1.82) is 0 Å². The summed E-state index contributed by atoms with van der Waals surface area (Å²) >= 11 is 5.80. The van der Waals surface area contributed by atoms with Gasteiger partial charge in [0.25, 0.3) is 0 Å². The third-order valence-corrected chi connectivity index (χ3v) is 5.92. The molecule has 2 fully saturated rings. The van der Waals surface area contributed by atoms with E-state index in [-0.39, 0.29) is 22.7 Å². The first kappa shape index (κ1) is 22.2. The van der Waals surface area contributed by atoms with E-state index in [0.717, 1.165) is 6.20 Å². The molecule has 2 aliphatic heterocycles. The maximum absolute atomic E-state index is 14.3. The van der Waals surface area contributed by atoms with Gasteiger partial charge in [-0.05, 0) is 25.5 Å². The number of carbonyl (C=O) groups is 2. The summed E-state index contributed by atoms with van der Waals surface area (Å²) in [6.07, 6.45) is 1.95. The average Bonchev–Trinajstić information content (AvgIpc) is 3.21. The second-order valence-electron chi connectivity index (χ2n) is 7.87. The molecule has 32 heavy (non-hydrogen) atoms. The fourth-order valence-corrected chi connectivity index (χ4v) is 4.05. The molecule has 2 atom stereocenters. The summed E-state index contributed by atoms with van der Waals surface area (Å²) in [4.78, 5) is 35.9. The Balaban J connectivity index is 1.40. The van der Waals surface area contributed by atoms with Gasteiger partial charge in [-0.25, -0.2) is 13.8 Å². The van der Waals surface area contributed by atoms with Crippen molar-refractivity contribution in [2.45, 2.75) is 31.8 Å². The zero-order valence-corrected chi connectivity index (χ0v) is 18.2. The van der Waals surface area contributed by atoms with Crippen LogP contribution in [0.1, 0.15) is 31.4 Å². The lowest BCUT2D eigenvalue weighted by Crippen LogP contribution is -2.53. The number of hydrogen-bond donors (Lipinski definition) is 2. The monoisotopic (exact) mass is 464 g/mol. The second kappa shape index (κ2) is 9.23. The zero-order chi connectivity index (χ0) is 22.8. The highest BCUT2D eigenvalue weighted by molar-refractivity contribution is 6.30. The van der Waals surface area contributed by atoms with Crippen molar-refractivity contribution < 1.29 is 18.4 Å². The number of nitrogens with zero attached hydrogens (tertiary/aromatic N) is 4. The molecular weight excluding hydrogens is 442 g/mol. The normalized spacial score (nSPS) is 19.6. The largest absolute Gasteiger partial charge is 0.361 e. The predicted octanol–water partition coefficient (Wildman–Crippen LogP) is 2.51. The van der Waals surface area contributed by atoms with E-state index in [9.17, 15) is 18.4 Å².